The van der Waals surface area contributed by atoms with Crippen LogP contribution in [0, 0.1) is 11.3 Å². The molecule has 0 aromatic rings. The van der Waals surface area contributed by atoms with E-state index in [0.717, 1.165) is 25.0 Å². The van der Waals surface area contributed by atoms with Gasteiger partial charge in [-0.1, -0.05) is 13.8 Å². The van der Waals surface area contributed by atoms with Crippen LogP contribution >= 0.6 is 11.8 Å². The third-order valence-electron chi connectivity index (χ3n) is 1.83. The van der Waals surface area contributed by atoms with Crippen molar-refractivity contribution in [1.29, 1.82) is 5.26 Å². The summed E-state index contributed by atoms with van der Waals surface area (Å²) in [5.74, 6) is 0.745. The number of unbranched alkanes of at least 4 members (excludes halogenated alkanes) is 1. The summed E-state index contributed by atoms with van der Waals surface area (Å²) in [6.45, 7) is 4.47. The zero-order valence-corrected chi connectivity index (χ0v) is 10.3. The molecule has 0 aromatic carbocycles. The van der Waals surface area contributed by atoms with Gasteiger partial charge in [-0.25, -0.2) is 0 Å². The van der Waals surface area contributed by atoms with Gasteiger partial charge in [0.1, 0.15) is 5.25 Å². The fourth-order valence-corrected chi connectivity index (χ4v) is 2.06. The molecular formula is C11H19NO2S. The first-order valence-corrected chi connectivity index (χ1v) is 6.46. The van der Waals surface area contributed by atoms with Crippen LogP contribution in [0.4, 0.5) is 0 Å². The molecule has 0 N–H and O–H groups in total. The minimum Gasteiger partial charge on any atom is -0.465 e. The van der Waals surface area contributed by atoms with Crippen LogP contribution in [0.5, 0.6) is 0 Å². The topological polar surface area (TPSA) is 50.1 Å². The van der Waals surface area contributed by atoms with Crippen LogP contribution in [0.15, 0.2) is 0 Å². The Kier molecular flexibility index (Phi) is 9.40. The van der Waals surface area contributed by atoms with E-state index in [1.54, 1.807) is 11.8 Å². The first-order chi connectivity index (χ1) is 7.26. The van der Waals surface area contributed by atoms with E-state index >= 15 is 0 Å². The highest BCUT2D eigenvalue weighted by atomic mass is 32.2. The molecular weight excluding hydrogens is 210 g/mol. The molecule has 4 heteroatoms. The second-order valence-electron chi connectivity index (χ2n) is 3.20. The van der Waals surface area contributed by atoms with Crippen LogP contribution in [-0.4, -0.2) is 23.6 Å². The third-order valence-corrected chi connectivity index (χ3v) is 3.29. The van der Waals surface area contributed by atoms with Gasteiger partial charge in [0.25, 0.3) is 0 Å². The number of thioether (sulfide) groups is 1. The second-order valence-corrected chi connectivity index (χ2v) is 4.51. The fourth-order valence-electron chi connectivity index (χ4n) is 1.02. The number of ether oxygens (including phenoxy) is 1. The van der Waals surface area contributed by atoms with Crippen molar-refractivity contribution in [3.05, 3.63) is 0 Å². The van der Waals surface area contributed by atoms with Gasteiger partial charge in [-0.15, -0.1) is 11.8 Å². The maximum absolute atomic E-state index is 11.5. The van der Waals surface area contributed by atoms with E-state index in [1.165, 1.54) is 0 Å². The van der Waals surface area contributed by atoms with Gasteiger partial charge in [-0.05, 0) is 25.0 Å². The predicted molar refractivity (Wildman–Crippen MR) is 62.6 cm³/mol. The summed E-state index contributed by atoms with van der Waals surface area (Å²) >= 11 is 1.59. The summed E-state index contributed by atoms with van der Waals surface area (Å²) < 4.78 is 5.08. The number of hydrogen-bond acceptors (Lipinski definition) is 4. The van der Waals surface area contributed by atoms with E-state index < -0.39 is 0 Å². The van der Waals surface area contributed by atoms with Crippen LogP contribution in [0.3, 0.4) is 0 Å². The van der Waals surface area contributed by atoms with Crippen molar-refractivity contribution in [3.63, 3.8) is 0 Å². The van der Waals surface area contributed by atoms with E-state index in [9.17, 15) is 4.79 Å². The molecule has 0 radical (unpaired) electrons. The van der Waals surface area contributed by atoms with Crippen molar-refractivity contribution in [1.82, 2.24) is 0 Å². The zero-order valence-electron chi connectivity index (χ0n) is 9.49. The molecule has 1 unspecified atom stereocenters. The molecule has 0 saturated heterocycles. The van der Waals surface area contributed by atoms with Gasteiger partial charge < -0.3 is 4.74 Å². The Hall–Kier alpha value is -0.690. The smallest absolute Gasteiger partial charge is 0.319 e. The van der Waals surface area contributed by atoms with E-state index in [4.69, 9.17) is 10.00 Å². The lowest BCUT2D eigenvalue weighted by atomic mass is 10.3. The van der Waals surface area contributed by atoms with Crippen molar-refractivity contribution in [2.75, 3.05) is 12.4 Å². The minimum absolute atomic E-state index is 0.0600. The van der Waals surface area contributed by atoms with Gasteiger partial charge >= 0.3 is 5.97 Å². The van der Waals surface area contributed by atoms with Gasteiger partial charge in [0.15, 0.2) is 0 Å². The number of nitrogens with zero attached hydrogens (tertiary/aromatic N) is 1. The first-order valence-electron chi connectivity index (χ1n) is 5.41. The Balaban J connectivity index is 3.71. The molecule has 0 bridgehead atoms. The van der Waals surface area contributed by atoms with Gasteiger partial charge in [-0.2, -0.15) is 5.26 Å². The van der Waals surface area contributed by atoms with E-state index in [1.807, 2.05) is 13.8 Å². The van der Waals surface area contributed by atoms with Crippen molar-refractivity contribution in [2.24, 2.45) is 0 Å². The van der Waals surface area contributed by atoms with Crippen molar-refractivity contribution in [3.8, 4) is 6.07 Å². The summed E-state index contributed by atoms with van der Waals surface area (Å²) in [6.07, 6.45) is 3.06. The molecule has 0 saturated carbocycles. The first kappa shape index (κ1) is 14.3. The molecule has 3 nitrogen and oxygen atoms in total. The number of esters is 1. The van der Waals surface area contributed by atoms with Crippen LogP contribution in [0.25, 0.3) is 0 Å². The molecule has 0 aliphatic rings. The maximum Gasteiger partial charge on any atom is 0.319 e. The maximum atomic E-state index is 11.5. The van der Waals surface area contributed by atoms with Crippen LogP contribution in [0.1, 0.15) is 39.5 Å². The number of nitriles is 1. The summed E-state index contributed by atoms with van der Waals surface area (Å²) in [6, 6.07) is 2.09. The fraction of sp³-hybridized carbons (Fsp3) is 0.818. The van der Waals surface area contributed by atoms with Crippen LogP contribution in [0.2, 0.25) is 0 Å². The Morgan fingerprint density at radius 2 is 2.27 bits per heavy atom. The molecule has 0 aliphatic heterocycles. The monoisotopic (exact) mass is 229 g/mol. The minimum atomic E-state index is -0.110. The molecule has 0 rings (SSSR count). The number of carbonyl (C=O) groups excluding carboxylic acids is 1. The summed E-state index contributed by atoms with van der Waals surface area (Å²) in [5, 5.41) is 8.30. The van der Waals surface area contributed by atoms with Gasteiger partial charge in [-0.3, -0.25) is 4.79 Å². The zero-order chi connectivity index (χ0) is 11.5. The van der Waals surface area contributed by atoms with Gasteiger partial charge in [0, 0.05) is 6.42 Å². The largest absolute Gasteiger partial charge is 0.465 e. The highest BCUT2D eigenvalue weighted by Gasteiger charge is 2.17. The molecule has 0 aliphatic carbocycles. The lowest BCUT2D eigenvalue weighted by Gasteiger charge is -2.12. The van der Waals surface area contributed by atoms with E-state index in [0.29, 0.717) is 13.0 Å². The average molecular weight is 229 g/mol. The van der Waals surface area contributed by atoms with Crippen molar-refractivity contribution >= 4 is 17.7 Å². The lowest BCUT2D eigenvalue weighted by Crippen LogP contribution is -2.20. The number of hydrogen-bond donors (Lipinski definition) is 0. The van der Waals surface area contributed by atoms with Crippen LogP contribution < -0.4 is 0 Å². The van der Waals surface area contributed by atoms with Gasteiger partial charge in [0.05, 0.1) is 12.7 Å². The molecule has 0 amide bonds. The number of carbonyl (C=O) groups is 1. The molecule has 0 spiro atoms. The molecule has 0 heterocycles. The lowest BCUT2D eigenvalue weighted by molar-refractivity contribution is -0.143. The normalized spacial score (nSPS) is 11.8. The van der Waals surface area contributed by atoms with Crippen molar-refractivity contribution < 1.29 is 9.53 Å². The second kappa shape index (κ2) is 9.85. The third kappa shape index (κ3) is 7.26. The molecule has 0 aromatic heterocycles. The Morgan fingerprint density at radius 1 is 1.53 bits per heavy atom. The Morgan fingerprint density at radius 3 is 2.80 bits per heavy atom. The molecule has 1 atom stereocenters. The predicted octanol–water partition coefficient (Wildman–Crippen LogP) is 2.76. The quantitative estimate of drug-likeness (QED) is 0.474. The summed E-state index contributed by atoms with van der Waals surface area (Å²) in [7, 11) is 0. The Labute approximate surface area is 96.2 Å². The average Bonchev–Trinajstić information content (AvgIpc) is 2.26. The molecule has 15 heavy (non-hydrogen) atoms. The summed E-state index contributed by atoms with van der Waals surface area (Å²) in [5.41, 5.74) is 0. The van der Waals surface area contributed by atoms with Crippen molar-refractivity contribution in [2.45, 2.75) is 44.8 Å². The Bertz CT molecular complexity index is 213. The van der Waals surface area contributed by atoms with Crippen LogP contribution in [-0.2, 0) is 9.53 Å². The summed E-state index contributed by atoms with van der Waals surface area (Å²) in [4.78, 5) is 11.5. The van der Waals surface area contributed by atoms with E-state index in [2.05, 4.69) is 6.07 Å². The number of rotatable bonds is 8. The van der Waals surface area contributed by atoms with E-state index in [-0.39, 0.29) is 11.2 Å². The van der Waals surface area contributed by atoms with Gasteiger partial charge in [0.2, 0.25) is 0 Å². The molecule has 86 valence electrons. The highest BCUT2D eigenvalue weighted by molar-refractivity contribution is 8.00. The molecule has 0 fully saturated rings. The SMILES string of the molecule is CCCOC(=O)C(CC)SCCCC#N. The standard InChI is InChI=1S/C11H19NO2S/c1-3-8-14-11(13)10(4-2)15-9-6-5-7-12/h10H,3-6,8-9H2,1-2H3. The highest BCUT2D eigenvalue weighted by Crippen LogP contribution is 2.17.